The number of benzene rings is 1. The van der Waals surface area contributed by atoms with Crippen LogP contribution in [0.25, 0.3) is 0 Å². The van der Waals surface area contributed by atoms with Crippen molar-refractivity contribution >= 4 is 5.91 Å². The summed E-state index contributed by atoms with van der Waals surface area (Å²) in [4.78, 5) is 11.3. The van der Waals surface area contributed by atoms with Crippen LogP contribution in [0.15, 0.2) is 18.2 Å². The number of carbonyl (C=O) groups is 1. The fourth-order valence-electron chi connectivity index (χ4n) is 1.41. The molecule has 0 spiro atoms. The van der Waals surface area contributed by atoms with Crippen LogP contribution in [0.2, 0.25) is 0 Å². The number of hydrogen-bond donors (Lipinski definition) is 2. The highest BCUT2D eigenvalue weighted by molar-refractivity contribution is 5.76. The van der Waals surface area contributed by atoms with Crippen molar-refractivity contribution in [1.29, 1.82) is 0 Å². The molecule has 1 rings (SSSR count). The summed E-state index contributed by atoms with van der Waals surface area (Å²) in [7, 11) is 0. The van der Waals surface area contributed by atoms with Crippen LogP contribution in [-0.2, 0) is 4.79 Å². The summed E-state index contributed by atoms with van der Waals surface area (Å²) in [6, 6.07) is 4.76. The van der Waals surface area contributed by atoms with Crippen molar-refractivity contribution in [2.45, 2.75) is 26.3 Å². The first-order valence-corrected chi connectivity index (χ1v) is 5.30. The lowest BCUT2D eigenvalue weighted by Crippen LogP contribution is -2.28. The average Bonchev–Trinajstić information content (AvgIpc) is 2.22. The van der Waals surface area contributed by atoms with Gasteiger partial charge in [0.1, 0.15) is 5.82 Å². The lowest BCUT2D eigenvalue weighted by molar-refractivity contribution is -0.121. The Morgan fingerprint density at radius 3 is 2.81 bits per heavy atom. The zero-order valence-corrected chi connectivity index (χ0v) is 9.59. The van der Waals surface area contributed by atoms with Crippen molar-refractivity contribution in [1.82, 2.24) is 5.32 Å². The molecule has 1 amide bonds. The Bertz CT molecular complexity index is 379. The minimum absolute atomic E-state index is 0.115. The number of halogens is 1. The van der Waals surface area contributed by atoms with Crippen LogP contribution in [0.1, 0.15) is 30.5 Å². The number of hydrogen-bond acceptors (Lipinski definition) is 2. The van der Waals surface area contributed by atoms with Gasteiger partial charge in [0.15, 0.2) is 0 Å². The third-order valence-corrected chi connectivity index (χ3v) is 2.44. The summed E-state index contributed by atoms with van der Waals surface area (Å²) in [5, 5.41) is 2.76. The Morgan fingerprint density at radius 2 is 2.25 bits per heavy atom. The molecule has 1 aromatic carbocycles. The molecule has 88 valence electrons. The highest BCUT2D eigenvalue weighted by Crippen LogP contribution is 2.16. The molecule has 0 aliphatic heterocycles. The quantitative estimate of drug-likeness (QED) is 0.817. The zero-order valence-electron chi connectivity index (χ0n) is 9.59. The maximum atomic E-state index is 13.3. The molecule has 0 aromatic heterocycles. The van der Waals surface area contributed by atoms with Gasteiger partial charge in [-0.25, -0.2) is 4.39 Å². The van der Waals surface area contributed by atoms with E-state index in [4.69, 9.17) is 5.73 Å². The summed E-state index contributed by atoms with van der Waals surface area (Å²) in [5.74, 6) is -0.367. The monoisotopic (exact) mass is 224 g/mol. The molecule has 1 aromatic rings. The van der Waals surface area contributed by atoms with E-state index in [1.165, 1.54) is 6.07 Å². The van der Waals surface area contributed by atoms with Crippen LogP contribution in [-0.4, -0.2) is 12.5 Å². The van der Waals surface area contributed by atoms with Gasteiger partial charge in [0.2, 0.25) is 5.91 Å². The first-order valence-electron chi connectivity index (χ1n) is 5.30. The van der Waals surface area contributed by atoms with Crippen LogP contribution in [0, 0.1) is 12.7 Å². The number of amides is 1. The normalized spacial score (nSPS) is 12.2. The van der Waals surface area contributed by atoms with Gasteiger partial charge in [-0.1, -0.05) is 12.1 Å². The lowest BCUT2D eigenvalue weighted by atomic mass is 10.1. The summed E-state index contributed by atoms with van der Waals surface area (Å²) in [6.45, 7) is 3.84. The molecule has 0 saturated carbocycles. The molecule has 0 bridgehead atoms. The van der Waals surface area contributed by atoms with Crippen LogP contribution < -0.4 is 11.1 Å². The van der Waals surface area contributed by atoms with E-state index in [-0.39, 0.29) is 17.8 Å². The Kier molecular flexibility index (Phi) is 4.43. The van der Waals surface area contributed by atoms with E-state index in [0.717, 1.165) is 5.56 Å². The first kappa shape index (κ1) is 12.6. The predicted octanol–water partition coefficient (Wildman–Crippen LogP) is 1.66. The minimum atomic E-state index is -0.252. The number of rotatable bonds is 4. The number of nitrogens with two attached hydrogens (primary N) is 1. The zero-order chi connectivity index (χ0) is 12.1. The van der Waals surface area contributed by atoms with Crippen LogP contribution in [0.3, 0.4) is 0 Å². The smallest absolute Gasteiger partial charge is 0.221 e. The minimum Gasteiger partial charge on any atom is -0.350 e. The Morgan fingerprint density at radius 1 is 1.56 bits per heavy atom. The molecule has 0 heterocycles. The van der Waals surface area contributed by atoms with Gasteiger partial charge in [-0.15, -0.1) is 0 Å². The second-order valence-electron chi connectivity index (χ2n) is 3.84. The Labute approximate surface area is 94.8 Å². The molecule has 0 radical (unpaired) electrons. The molecule has 0 saturated heterocycles. The molecular formula is C12H17FN2O. The molecular weight excluding hydrogens is 207 g/mol. The van der Waals surface area contributed by atoms with E-state index >= 15 is 0 Å². The standard InChI is InChI=1S/C12H17FN2O/c1-8-3-4-10(7-11(8)13)9(2)15-12(16)5-6-14/h3-4,7,9H,5-6,14H2,1-2H3,(H,15,16). The topological polar surface area (TPSA) is 55.1 Å². The molecule has 0 fully saturated rings. The Balaban J connectivity index is 2.69. The number of aryl methyl sites for hydroxylation is 1. The van der Waals surface area contributed by atoms with Crippen molar-refractivity contribution in [3.8, 4) is 0 Å². The third-order valence-electron chi connectivity index (χ3n) is 2.44. The van der Waals surface area contributed by atoms with Gasteiger partial charge in [-0.05, 0) is 31.0 Å². The molecule has 1 atom stereocenters. The van der Waals surface area contributed by atoms with Crippen molar-refractivity contribution in [3.05, 3.63) is 35.1 Å². The fourth-order valence-corrected chi connectivity index (χ4v) is 1.41. The van der Waals surface area contributed by atoms with Gasteiger partial charge >= 0.3 is 0 Å². The summed E-state index contributed by atoms with van der Waals surface area (Å²) >= 11 is 0. The maximum Gasteiger partial charge on any atom is 0.221 e. The second-order valence-corrected chi connectivity index (χ2v) is 3.84. The van der Waals surface area contributed by atoms with Crippen molar-refractivity contribution < 1.29 is 9.18 Å². The maximum absolute atomic E-state index is 13.3. The lowest BCUT2D eigenvalue weighted by Gasteiger charge is -2.14. The van der Waals surface area contributed by atoms with E-state index in [9.17, 15) is 9.18 Å². The molecule has 3 nitrogen and oxygen atoms in total. The summed E-state index contributed by atoms with van der Waals surface area (Å²) < 4.78 is 13.3. The van der Waals surface area contributed by atoms with E-state index in [2.05, 4.69) is 5.32 Å². The van der Waals surface area contributed by atoms with E-state index in [1.54, 1.807) is 13.0 Å². The van der Waals surface area contributed by atoms with Gasteiger partial charge in [0, 0.05) is 13.0 Å². The Hall–Kier alpha value is -1.42. The van der Waals surface area contributed by atoms with Crippen molar-refractivity contribution in [2.75, 3.05) is 6.54 Å². The van der Waals surface area contributed by atoms with Gasteiger partial charge in [0.25, 0.3) is 0 Å². The average molecular weight is 224 g/mol. The second kappa shape index (κ2) is 5.61. The SMILES string of the molecule is Cc1ccc(C(C)NC(=O)CCN)cc1F. The van der Waals surface area contributed by atoms with Crippen LogP contribution >= 0.6 is 0 Å². The third kappa shape index (κ3) is 3.31. The summed E-state index contributed by atoms with van der Waals surface area (Å²) in [5.41, 5.74) is 6.63. The van der Waals surface area contributed by atoms with Gasteiger partial charge in [0.05, 0.1) is 6.04 Å². The number of carbonyl (C=O) groups excluding carboxylic acids is 1. The molecule has 1 unspecified atom stereocenters. The highest BCUT2D eigenvalue weighted by Gasteiger charge is 2.10. The molecule has 3 N–H and O–H groups in total. The van der Waals surface area contributed by atoms with E-state index < -0.39 is 0 Å². The summed E-state index contributed by atoms with van der Waals surface area (Å²) in [6.07, 6.45) is 0.290. The van der Waals surface area contributed by atoms with Gasteiger partial charge < -0.3 is 11.1 Å². The molecule has 16 heavy (non-hydrogen) atoms. The largest absolute Gasteiger partial charge is 0.350 e. The predicted molar refractivity (Wildman–Crippen MR) is 61.4 cm³/mol. The molecule has 0 aliphatic rings. The van der Waals surface area contributed by atoms with Crippen LogP contribution in [0.5, 0.6) is 0 Å². The fraction of sp³-hybridized carbons (Fsp3) is 0.417. The van der Waals surface area contributed by atoms with Crippen LogP contribution in [0.4, 0.5) is 4.39 Å². The van der Waals surface area contributed by atoms with Gasteiger partial charge in [-0.3, -0.25) is 4.79 Å². The molecule has 0 aliphatic carbocycles. The first-order chi connectivity index (χ1) is 7.54. The molecule has 4 heteroatoms. The van der Waals surface area contributed by atoms with E-state index in [0.29, 0.717) is 18.5 Å². The van der Waals surface area contributed by atoms with Gasteiger partial charge in [-0.2, -0.15) is 0 Å². The van der Waals surface area contributed by atoms with E-state index in [1.807, 2.05) is 13.0 Å². The van der Waals surface area contributed by atoms with Crippen molar-refractivity contribution in [3.63, 3.8) is 0 Å². The number of nitrogens with one attached hydrogen (secondary N) is 1. The van der Waals surface area contributed by atoms with Crippen molar-refractivity contribution in [2.24, 2.45) is 5.73 Å². The highest BCUT2D eigenvalue weighted by atomic mass is 19.1.